The third kappa shape index (κ3) is 4.04. The molecule has 0 aromatic heterocycles. The molecule has 1 fully saturated rings. The molecule has 0 saturated carbocycles. The van der Waals surface area contributed by atoms with Gasteiger partial charge in [-0.15, -0.1) is 0 Å². The molecule has 2 atom stereocenters. The van der Waals surface area contributed by atoms with Crippen molar-refractivity contribution in [2.24, 2.45) is 0 Å². The molecule has 3 nitrogen and oxygen atoms in total. The van der Waals surface area contributed by atoms with Crippen molar-refractivity contribution in [1.82, 2.24) is 0 Å². The first-order valence-electron chi connectivity index (χ1n) is 8.75. The molecule has 1 saturated heterocycles. The number of Topliss-reactive ketones (excluding diaryl/α,β-unsaturated/α-hetero) is 1. The highest BCUT2D eigenvalue weighted by atomic mass is 16.7. The Balaban J connectivity index is 1.69. The van der Waals surface area contributed by atoms with Crippen molar-refractivity contribution in [3.63, 3.8) is 0 Å². The highest BCUT2D eigenvalue weighted by Gasteiger charge is 2.20. The summed E-state index contributed by atoms with van der Waals surface area (Å²) < 4.78 is 11.5. The van der Waals surface area contributed by atoms with Crippen LogP contribution in [0.5, 0.6) is 5.75 Å². The van der Waals surface area contributed by atoms with Gasteiger partial charge in [-0.2, -0.15) is 0 Å². The molecule has 3 rings (SSSR count). The molecular weight excluding hydrogens is 300 g/mol. The predicted octanol–water partition coefficient (Wildman–Crippen LogP) is 4.97. The predicted molar refractivity (Wildman–Crippen MR) is 94.5 cm³/mol. The van der Waals surface area contributed by atoms with Crippen molar-refractivity contribution in [3.8, 4) is 5.75 Å². The Morgan fingerprint density at radius 2 is 1.88 bits per heavy atom. The fourth-order valence-electron chi connectivity index (χ4n) is 3.11. The maximum absolute atomic E-state index is 12.7. The molecule has 24 heavy (non-hydrogen) atoms. The first-order valence-corrected chi connectivity index (χ1v) is 8.75. The van der Waals surface area contributed by atoms with E-state index in [-0.39, 0.29) is 18.0 Å². The van der Waals surface area contributed by atoms with E-state index >= 15 is 0 Å². The summed E-state index contributed by atoms with van der Waals surface area (Å²) in [5, 5.41) is 0. The minimum atomic E-state index is -0.141. The van der Waals surface area contributed by atoms with Crippen LogP contribution in [-0.4, -0.2) is 18.7 Å². The van der Waals surface area contributed by atoms with Crippen LogP contribution in [0.15, 0.2) is 54.6 Å². The molecule has 0 bridgehead atoms. The van der Waals surface area contributed by atoms with E-state index in [1.807, 2.05) is 61.5 Å². The smallest absolute Gasteiger partial charge is 0.199 e. The molecule has 3 heteroatoms. The number of ketones is 1. The van der Waals surface area contributed by atoms with Gasteiger partial charge in [0.25, 0.3) is 0 Å². The summed E-state index contributed by atoms with van der Waals surface area (Å²) in [5.41, 5.74) is 1.79. The lowest BCUT2D eigenvalue weighted by atomic mass is 9.88. The largest absolute Gasteiger partial charge is 0.465 e. The van der Waals surface area contributed by atoms with Crippen molar-refractivity contribution in [2.45, 2.75) is 44.8 Å². The van der Waals surface area contributed by atoms with Gasteiger partial charge >= 0.3 is 0 Å². The second-order valence-corrected chi connectivity index (χ2v) is 6.17. The van der Waals surface area contributed by atoms with Gasteiger partial charge in [0.15, 0.2) is 12.1 Å². The van der Waals surface area contributed by atoms with E-state index in [0.717, 1.165) is 49.2 Å². The van der Waals surface area contributed by atoms with E-state index in [1.165, 1.54) is 0 Å². The van der Waals surface area contributed by atoms with Crippen LogP contribution < -0.4 is 4.74 Å². The SMILES string of the molecule is CC[C@H](C(=O)c1ccccc1)c1ccc(O[C@H]2CCCCO2)cc1. The topological polar surface area (TPSA) is 35.5 Å². The van der Waals surface area contributed by atoms with Gasteiger partial charge in [0.05, 0.1) is 6.61 Å². The molecule has 0 unspecified atom stereocenters. The first kappa shape index (κ1) is 16.7. The highest BCUT2D eigenvalue weighted by molar-refractivity contribution is 6.00. The lowest BCUT2D eigenvalue weighted by Gasteiger charge is -2.23. The lowest BCUT2D eigenvalue weighted by Crippen LogP contribution is -2.24. The molecule has 0 amide bonds. The van der Waals surface area contributed by atoms with Crippen molar-refractivity contribution >= 4 is 5.78 Å². The van der Waals surface area contributed by atoms with Gasteiger partial charge in [0, 0.05) is 17.9 Å². The third-order valence-electron chi connectivity index (χ3n) is 4.47. The highest BCUT2D eigenvalue weighted by Crippen LogP contribution is 2.27. The van der Waals surface area contributed by atoms with E-state index in [2.05, 4.69) is 0 Å². The molecule has 2 aromatic rings. The van der Waals surface area contributed by atoms with Crippen molar-refractivity contribution in [2.75, 3.05) is 6.61 Å². The molecular formula is C21H24O3. The van der Waals surface area contributed by atoms with E-state index in [0.29, 0.717) is 0 Å². The zero-order valence-corrected chi connectivity index (χ0v) is 14.1. The summed E-state index contributed by atoms with van der Waals surface area (Å²) in [4.78, 5) is 12.7. The monoisotopic (exact) mass is 324 g/mol. The minimum absolute atomic E-state index is 0.118. The van der Waals surface area contributed by atoms with Gasteiger partial charge < -0.3 is 9.47 Å². The normalized spacial score (nSPS) is 18.8. The number of benzene rings is 2. The maximum atomic E-state index is 12.7. The minimum Gasteiger partial charge on any atom is -0.465 e. The molecule has 0 aliphatic carbocycles. The molecule has 0 radical (unpaired) electrons. The van der Waals surface area contributed by atoms with E-state index in [1.54, 1.807) is 0 Å². The standard InChI is InChI=1S/C21H24O3/c1-2-19(21(22)17-8-4-3-5-9-17)16-11-13-18(14-12-16)24-20-10-6-7-15-23-20/h3-5,8-9,11-14,19-20H,2,6-7,10,15H2,1H3/t19-,20-/m0/s1. The molecule has 0 spiro atoms. The summed E-state index contributed by atoms with van der Waals surface area (Å²) >= 11 is 0. The summed E-state index contributed by atoms with van der Waals surface area (Å²) in [6, 6.07) is 17.4. The Bertz CT molecular complexity index is 643. The van der Waals surface area contributed by atoms with Crippen molar-refractivity contribution < 1.29 is 14.3 Å². The third-order valence-corrected chi connectivity index (χ3v) is 4.47. The molecule has 1 heterocycles. The van der Waals surface area contributed by atoms with Crippen LogP contribution in [-0.2, 0) is 4.74 Å². The van der Waals surface area contributed by atoms with E-state index < -0.39 is 0 Å². The van der Waals surface area contributed by atoms with Crippen LogP contribution in [0.25, 0.3) is 0 Å². The second kappa shape index (κ2) is 8.11. The van der Waals surface area contributed by atoms with Crippen molar-refractivity contribution in [1.29, 1.82) is 0 Å². The number of hydrogen-bond acceptors (Lipinski definition) is 3. The zero-order chi connectivity index (χ0) is 16.8. The summed E-state index contributed by atoms with van der Waals surface area (Å²) in [6.07, 6.45) is 3.83. The number of carbonyl (C=O) groups excluding carboxylic acids is 1. The van der Waals surface area contributed by atoms with E-state index in [4.69, 9.17) is 9.47 Å². The fourth-order valence-corrected chi connectivity index (χ4v) is 3.11. The van der Waals surface area contributed by atoms with Crippen molar-refractivity contribution in [3.05, 3.63) is 65.7 Å². The Morgan fingerprint density at radius 1 is 1.12 bits per heavy atom. The Labute approximate surface area is 143 Å². The first-order chi connectivity index (χ1) is 11.8. The maximum Gasteiger partial charge on any atom is 0.199 e. The zero-order valence-electron chi connectivity index (χ0n) is 14.1. The molecule has 1 aliphatic heterocycles. The number of carbonyl (C=O) groups is 1. The Hall–Kier alpha value is -2.13. The molecule has 0 N–H and O–H groups in total. The quantitative estimate of drug-likeness (QED) is 0.704. The van der Waals surface area contributed by atoms with E-state index in [9.17, 15) is 4.79 Å². The van der Waals surface area contributed by atoms with Crippen LogP contribution in [0.4, 0.5) is 0 Å². The average Bonchev–Trinajstić information content (AvgIpc) is 2.65. The van der Waals surface area contributed by atoms with Crippen LogP contribution in [0.1, 0.15) is 54.4 Å². The fraction of sp³-hybridized carbons (Fsp3) is 0.381. The number of ether oxygens (including phenoxy) is 2. The van der Waals surface area contributed by atoms with Gasteiger partial charge in [0.2, 0.25) is 0 Å². The van der Waals surface area contributed by atoms with Crippen LogP contribution in [0.3, 0.4) is 0 Å². The molecule has 126 valence electrons. The van der Waals surface area contributed by atoms with Crippen LogP contribution >= 0.6 is 0 Å². The van der Waals surface area contributed by atoms with Crippen LogP contribution in [0.2, 0.25) is 0 Å². The average molecular weight is 324 g/mol. The van der Waals surface area contributed by atoms with Gasteiger partial charge in [-0.1, -0.05) is 49.4 Å². The molecule has 2 aromatic carbocycles. The van der Waals surface area contributed by atoms with Gasteiger partial charge in [-0.05, 0) is 37.0 Å². The van der Waals surface area contributed by atoms with Crippen LogP contribution in [0, 0.1) is 0 Å². The van der Waals surface area contributed by atoms with Gasteiger partial charge in [-0.25, -0.2) is 0 Å². The second-order valence-electron chi connectivity index (χ2n) is 6.17. The Kier molecular flexibility index (Phi) is 5.65. The summed E-state index contributed by atoms with van der Waals surface area (Å²) in [6.45, 7) is 2.82. The number of hydrogen-bond donors (Lipinski definition) is 0. The Morgan fingerprint density at radius 3 is 2.50 bits per heavy atom. The molecule has 1 aliphatic rings. The van der Waals surface area contributed by atoms with Gasteiger partial charge in [-0.3, -0.25) is 4.79 Å². The lowest BCUT2D eigenvalue weighted by molar-refractivity contribution is -0.105. The number of rotatable bonds is 6. The summed E-state index contributed by atoms with van der Waals surface area (Å²) in [7, 11) is 0. The van der Waals surface area contributed by atoms with Gasteiger partial charge in [0.1, 0.15) is 5.75 Å². The summed E-state index contributed by atoms with van der Waals surface area (Å²) in [5.74, 6) is 0.849.